The van der Waals surface area contributed by atoms with Crippen molar-refractivity contribution in [3.05, 3.63) is 58.9 Å². The molecule has 1 unspecified atom stereocenters. The molecule has 0 fully saturated rings. The number of aliphatic hydroxyl groups excluding tert-OH is 1. The van der Waals surface area contributed by atoms with E-state index in [2.05, 4.69) is 43.5 Å². The summed E-state index contributed by atoms with van der Waals surface area (Å²) in [4.78, 5) is 0. The van der Waals surface area contributed by atoms with E-state index < -0.39 is 6.10 Å². The quantitative estimate of drug-likeness (QED) is 0.851. The molecule has 0 aliphatic carbocycles. The lowest BCUT2D eigenvalue weighted by molar-refractivity contribution is 0.188. The molecule has 1 heterocycles. The topological polar surface area (TPSA) is 37.2 Å². The van der Waals surface area contributed by atoms with E-state index in [9.17, 15) is 5.11 Å². The van der Waals surface area contributed by atoms with Crippen LogP contribution in [0, 0.1) is 19.8 Å². The van der Waals surface area contributed by atoms with Crippen LogP contribution in [-0.4, -0.2) is 16.3 Å². The van der Waals surface area contributed by atoms with Crippen molar-refractivity contribution in [2.24, 2.45) is 5.92 Å². The highest BCUT2D eigenvalue weighted by Gasteiger charge is 2.09. The fraction of sp³-hybridized carbons (Fsp3) is 0.444. The Hall–Kier alpha value is -1.74. The Kier molecular flexibility index (Phi) is 5.07. The number of benzene rings is 1. The summed E-state index contributed by atoms with van der Waals surface area (Å²) < 4.78 is 2.01. The van der Waals surface area contributed by atoms with Crippen LogP contribution in [0.5, 0.6) is 0 Å². The van der Waals surface area contributed by atoms with Crippen molar-refractivity contribution in [3.8, 4) is 0 Å². The molecule has 0 bridgehead atoms. The molecular formula is C18H26N2O. The SMILES string of the molecule is Cc1ccc(C)n1NCC(O)c1ccc(CC(C)C)cc1. The van der Waals surface area contributed by atoms with Crippen molar-refractivity contribution in [2.75, 3.05) is 12.0 Å². The van der Waals surface area contributed by atoms with Gasteiger partial charge < -0.3 is 10.5 Å². The minimum absolute atomic E-state index is 0.500. The van der Waals surface area contributed by atoms with Crippen molar-refractivity contribution < 1.29 is 5.11 Å². The molecule has 2 N–H and O–H groups in total. The van der Waals surface area contributed by atoms with Gasteiger partial charge >= 0.3 is 0 Å². The van der Waals surface area contributed by atoms with Crippen LogP contribution in [0.4, 0.5) is 0 Å². The second kappa shape index (κ2) is 6.81. The van der Waals surface area contributed by atoms with Crippen LogP contribution in [0.1, 0.15) is 42.5 Å². The number of hydrogen-bond donors (Lipinski definition) is 2. The normalized spacial score (nSPS) is 12.7. The van der Waals surface area contributed by atoms with Gasteiger partial charge in [-0.15, -0.1) is 0 Å². The summed E-state index contributed by atoms with van der Waals surface area (Å²) in [5, 5.41) is 10.3. The van der Waals surface area contributed by atoms with Gasteiger partial charge in [0.1, 0.15) is 0 Å². The van der Waals surface area contributed by atoms with Gasteiger partial charge in [0, 0.05) is 11.4 Å². The van der Waals surface area contributed by atoms with Gasteiger partial charge in [-0.3, -0.25) is 4.68 Å². The summed E-state index contributed by atoms with van der Waals surface area (Å²) in [7, 11) is 0. The Bertz CT molecular complexity index is 550. The minimum atomic E-state index is -0.501. The van der Waals surface area contributed by atoms with E-state index in [4.69, 9.17) is 0 Å². The van der Waals surface area contributed by atoms with E-state index in [1.165, 1.54) is 5.56 Å². The van der Waals surface area contributed by atoms with Crippen molar-refractivity contribution >= 4 is 0 Å². The molecule has 1 aromatic carbocycles. The average molecular weight is 286 g/mol. The predicted molar refractivity (Wildman–Crippen MR) is 88.1 cm³/mol. The van der Waals surface area contributed by atoms with Crippen LogP contribution in [0.15, 0.2) is 36.4 Å². The first kappa shape index (κ1) is 15.6. The van der Waals surface area contributed by atoms with Gasteiger partial charge in [-0.05, 0) is 49.4 Å². The second-order valence-corrected chi connectivity index (χ2v) is 6.17. The van der Waals surface area contributed by atoms with E-state index in [-0.39, 0.29) is 0 Å². The van der Waals surface area contributed by atoms with Crippen LogP contribution in [0.3, 0.4) is 0 Å². The summed E-state index contributed by atoms with van der Waals surface area (Å²) in [5.74, 6) is 0.655. The molecule has 21 heavy (non-hydrogen) atoms. The number of rotatable bonds is 6. The lowest BCUT2D eigenvalue weighted by Gasteiger charge is -2.17. The predicted octanol–water partition coefficient (Wildman–Crippen LogP) is 3.58. The maximum absolute atomic E-state index is 10.3. The minimum Gasteiger partial charge on any atom is -0.387 e. The Labute approximate surface area is 127 Å². The third-order valence-corrected chi connectivity index (χ3v) is 3.72. The third-order valence-electron chi connectivity index (χ3n) is 3.72. The van der Waals surface area contributed by atoms with Crippen LogP contribution in [0.25, 0.3) is 0 Å². The molecule has 0 spiro atoms. The number of aliphatic hydroxyl groups is 1. The Morgan fingerprint density at radius 1 is 1.00 bits per heavy atom. The van der Waals surface area contributed by atoms with E-state index in [0.29, 0.717) is 12.5 Å². The maximum Gasteiger partial charge on any atom is 0.0978 e. The third kappa shape index (κ3) is 4.11. The largest absolute Gasteiger partial charge is 0.387 e. The molecule has 0 aliphatic rings. The van der Waals surface area contributed by atoms with Crippen molar-refractivity contribution in [1.82, 2.24) is 4.68 Å². The van der Waals surface area contributed by atoms with E-state index >= 15 is 0 Å². The zero-order valence-electron chi connectivity index (χ0n) is 13.4. The van der Waals surface area contributed by atoms with Crippen molar-refractivity contribution in [2.45, 2.75) is 40.2 Å². The molecular weight excluding hydrogens is 260 g/mol. The summed E-state index contributed by atoms with van der Waals surface area (Å²) in [6.45, 7) is 9.03. The first-order valence-electron chi connectivity index (χ1n) is 7.63. The van der Waals surface area contributed by atoms with Gasteiger partial charge in [0.2, 0.25) is 0 Å². The molecule has 0 saturated heterocycles. The molecule has 1 atom stereocenters. The van der Waals surface area contributed by atoms with Gasteiger partial charge in [-0.2, -0.15) is 0 Å². The van der Waals surface area contributed by atoms with Gasteiger partial charge in [0.05, 0.1) is 12.6 Å². The molecule has 0 amide bonds. The second-order valence-electron chi connectivity index (χ2n) is 6.17. The van der Waals surface area contributed by atoms with E-state index in [1.807, 2.05) is 30.7 Å². The van der Waals surface area contributed by atoms with E-state index in [1.54, 1.807) is 0 Å². The van der Waals surface area contributed by atoms with Gasteiger partial charge in [0.25, 0.3) is 0 Å². The van der Waals surface area contributed by atoms with Gasteiger partial charge in [-0.1, -0.05) is 38.1 Å². The Morgan fingerprint density at radius 2 is 1.57 bits per heavy atom. The summed E-state index contributed by atoms with van der Waals surface area (Å²) in [6.07, 6.45) is 0.579. The standard InChI is InChI=1S/C18H26N2O/c1-13(2)11-16-7-9-17(10-8-16)18(21)12-19-20-14(3)5-6-15(20)4/h5-10,13,18-19,21H,11-12H2,1-4H3. The molecule has 0 radical (unpaired) electrons. The summed E-state index contributed by atoms with van der Waals surface area (Å²) in [6, 6.07) is 12.4. The van der Waals surface area contributed by atoms with Crippen molar-refractivity contribution in [1.29, 1.82) is 0 Å². The maximum atomic E-state index is 10.3. The average Bonchev–Trinajstić information content (AvgIpc) is 2.75. The highest BCUT2D eigenvalue weighted by molar-refractivity contribution is 5.25. The van der Waals surface area contributed by atoms with Crippen LogP contribution in [0.2, 0.25) is 0 Å². The molecule has 0 saturated carbocycles. The molecule has 2 rings (SSSR count). The lowest BCUT2D eigenvalue weighted by atomic mass is 10.0. The first-order valence-corrected chi connectivity index (χ1v) is 7.63. The first-order chi connectivity index (χ1) is 9.97. The highest BCUT2D eigenvalue weighted by Crippen LogP contribution is 2.16. The highest BCUT2D eigenvalue weighted by atomic mass is 16.3. The van der Waals surface area contributed by atoms with Gasteiger partial charge in [0.15, 0.2) is 0 Å². The number of hydrogen-bond acceptors (Lipinski definition) is 2. The molecule has 3 nitrogen and oxygen atoms in total. The molecule has 0 aliphatic heterocycles. The monoisotopic (exact) mass is 286 g/mol. The molecule has 114 valence electrons. The number of aromatic nitrogens is 1. The van der Waals surface area contributed by atoms with Gasteiger partial charge in [-0.25, -0.2) is 0 Å². The number of nitrogens with zero attached hydrogens (tertiary/aromatic N) is 1. The summed E-state index contributed by atoms with van der Waals surface area (Å²) >= 11 is 0. The van der Waals surface area contributed by atoms with Crippen LogP contribution < -0.4 is 5.43 Å². The lowest BCUT2D eigenvalue weighted by Crippen LogP contribution is -2.23. The van der Waals surface area contributed by atoms with Crippen molar-refractivity contribution in [3.63, 3.8) is 0 Å². The van der Waals surface area contributed by atoms with E-state index in [0.717, 1.165) is 23.4 Å². The smallest absolute Gasteiger partial charge is 0.0978 e. The number of nitrogens with one attached hydrogen (secondary N) is 1. The molecule has 3 heteroatoms. The fourth-order valence-corrected chi connectivity index (χ4v) is 2.56. The Balaban J connectivity index is 1.95. The zero-order chi connectivity index (χ0) is 15.4. The fourth-order valence-electron chi connectivity index (χ4n) is 2.56. The molecule has 2 aromatic rings. The number of aryl methyl sites for hydroxylation is 2. The molecule has 1 aromatic heterocycles. The Morgan fingerprint density at radius 3 is 2.10 bits per heavy atom. The summed E-state index contributed by atoms with van der Waals surface area (Å²) in [5.41, 5.74) is 7.84. The van der Waals surface area contributed by atoms with Crippen LogP contribution >= 0.6 is 0 Å². The zero-order valence-corrected chi connectivity index (χ0v) is 13.4. The van der Waals surface area contributed by atoms with Crippen LogP contribution in [-0.2, 0) is 6.42 Å².